The minimum atomic E-state index is 0.0829. The van der Waals surface area contributed by atoms with Crippen LogP contribution in [0.15, 0.2) is 42.5 Å². The van der Waals surface area contributed by atoms with E-state index in [0.29, 0.717) is 11.3 Å². The van der Waals surface area contributed by atoms with Crippen molar-refractivity contribution in [1.82, 2.24) is 0 Å². The predicted octanol–water partition coefficient (Wildman–Crippen LogP) is 2.67. The summed E-state index contributed by atoms with van der Waals surface area (Å²) in [5, 5.41) is 18.3. The smallest absolute Gasteiger partial charge is 0.161 e. The molecule has 0 atom stereocenters. The first-order valence-electron chi connectivity index (χ1n) is 5.62. The summed E-state index contributed by atoms with van der Waals surface area (Å²) < 4.78 is 5.01. The molecule has 0 amide bonds. The SMILES string of the molecule is COc1cc(C#Cc2cccc(C#N)c2)ccc1O. The molecule has 0 fully saturated rings. The van der Waals surface area contributed by atoms with E-state index in [1.165, 1.54) is 13.2 Å². The summed E-state index contributed by atoms with van der Waals surface area (Å²) in [4.78, 5) is 0. The zero-order valence-corrected chi connectivity index (χ0v) is 10.3. The van der Waals surface area contributed by atoms with Gasteiger partial charge in [-0.1, -0.05) is 17.9 Å². The molecule has 0 bridgehead atoms. The van der Waals surface area contributed by atoms with E-state index in [2.05, 4.69) is 17.9 Å². The second-order valence-electron chi connectivity index (χ2n) is 3.83. The van der Waals surface area contributed by atoms with Gasteiger partial charge in [0, 0.05) is 11.1 Å². The van der Waals surface area contributed by atoms with Crippen LogP contribution < -0.4 is 4.74 Å². The van der Waals surface area contributed by atoms with Crippen molar-refractivity contribution in [1.29, 1.82) is 5.26 Å². The summed E-state index contributed by atoms with van der Waals surface area (Å²) in [6.45, 7) is 0. The van der Waals surface area contributed by atoms with Crippen LogP contribution in [0.2, 0.25) is 0 Å². The van der Waals surface area contributed by atoms with Gasteiger partial charge in [0.15, 0.2) is 11.5 Å². The Bertz CT molecular complexity index is 703. The van der Waals surface area contributed by atoms with Crippen LogP contribution in [0.4, 0.5) is 0 Å². The van der Waals surface area contributed by atoms with E-state index in [-0.39, 0.29) is 5.75 Å². The van der Waals surface area contributed by atoms with E-state index in [4.69, 9.17) is 10.00 Å². The molecular formula is C16H11NO2. The zero-order chi connectivity index (χ0) is 13.7. The van der Waals surface area contributed by atoms with Gasteiger partial charge in [-0.2, -0.15) is 5.26 Å². The zero-order valence-electron chi connectivity index (χ0n) is 10.3. The molecule has 92 valence electrons. The van der Waals surface area contributed by atoms with E-state index in [9.17, 15) is 5.11 Å². The van der Waals surface area contributed by atoms with Gasteiger partial charge in [-0.3, -0.25) is 0 Å². The largest absolute Gasteiger partial charge is 0.504 e. The average Bonchev–Trinajstić information content (AvgIpc) is 2.46. The Morgan fingerprint density at radius 2 is 1.68 bits per heavy atom. The number of hydrogen-bond donors (Lipinski definition) is 1. The number of benzene rings is 2. The van der Waals surface area contributed by atoms with Gasteiger partial charge in [0.05, 0.1) is 18.7 Å². The molecule has 2 aromatic rings. The van der Waals surface area contributed by atoms with E-state index >= 15 is 0 Å². The highest BCUT2D eigenvalue weighted by Crippen LogP contribution is 2.25. The van der Waals surface area contributed by atoms with Gasteiger partial charge >= 0.3 is 0 Å². The third-order valence-electron chi connectivity index (χ3n) is 2.52. The van der Waals surface area contributed by atoms with Crippen molar-refractivity contribution in [3.63, 3.8) is 0 Å². The van der Waals surface area contributed by atoms with Gasteiger partial charge in [0.25, 0.3) is 0 Å². The van der Waals surface area contributed by atoms with Gasteiger partial charge in [-0.15, -0.1) is 0 Å². The molecule has 0 aromatic heterocycles. The lowest BCUT2D eigenvalue weighted by atomic mass is 10.1. The minimum absolute atomic E-state index is 0.0829. The molecule has 0 aliphatic heterocycles. The van der Waals surface area contributed by atoms with Crippen molar-refractivity contribution < 1.29 is 9.84 Å². The van der Waals surface area contributed by atoms with E-state index < -0.39 is 0 Å². The predicted molar refractivity (Wildman–Crippen MR) is 71.8 cm³/mol. The number of ether oxygens (including phenoxy) is 1. The molecule has 0 aliphatic rings. The molecule has 0 saturated heterocycles. The summed E-state index contributed by atoms with van der Waals surface area (Å²) in [5.74, 6) is 6.40. The third kappa shape index (κ3) is 3.06. The molecule has 19 heavy (non-hydrogen) atoms. The van der Waals surface area contributed by atoms with Crippen LogP contribution >= 0.6 is 0 Å². The summed E-state index contributed by atoms with van der Waals surface area (Å²) in [5.41, 5.74) is 2.08. The average molecular weight is 249 g/mol. The lowest BCUT2D eigenvalue weighted by Crippen LogP contribution is -1.85. The number of phenolic OH excluding ortho intramolecular Hbond substituents is 1. The Morgan fingerprint density at radius 1 is 1.00 bits per heavy atom. The second-order valence-corrected chi connectivity index (χ2v) is 3.83. The van der Waals surface area contributed by atoms with Crippen molar-refractivity contribution in [3.8, 4) is 29.4 Å². The Kier molecular flexibility index (Phi) is 3.71. The van der Waals surface area contributed by atoms with Gasteiger partial charge < -0.3 is 9.84 Å². The second kappa shape index (κ2) is 5.62. The Balaban J connectivity index is 2.31. The van der Waals surface area contributed by atoms with E-state index in [1.807, 2.05) is 6.07 Å². The lowest BCUT2D eigenvalue weighted by molar-refractivity contribution is 0.373. The van der Waals surface area contributed by atoms with Crippen molar-refractivity contribution in [3.05, 3.63) is 59.2 Å². The first kappa shape index (κ1) is 12.5. The molecule has 0 heterocycles. The summed E-state index contributed by atoms with van der Waals surface area (Å²) in [6.07, 6.45) is 0. The fourth-order valence-electron chi connectivity index (χ4n) is 1.57. The molecule has 1 N–H and O–H groups in total. The molecule has 3 heteroatoms. The molecular weight excluding hydrogens is 238 g/mol. The van der Waals surface area contributed by atoms with Crippen LogP contribution in [-0.2, 0) is 0 Å². The normalized spacial score (nSPS) is 9.05. The highest BCUT2D eigenvalue weighted by atomic mass is 16.5. The Morgan fingerprint density at radius 3 is 2.37 bits per heavy atom. The third-order valence-corrected chi connectivity index (χ3v) is 2.52. The van der Waals surface area contributed by atoms with Crippen molar-refractivity contribution in [2.75, 3.05) is 7.11 Å². The highest BCUT2D eigenvalue weighted by molar-refractivity contribution is 5.50. The van der Waals surface area contributed by atoms with Crippen LogP contribution in [0.1, 0.15) is 16.7 Å². The summed E-state index contributed by atoms with van der Waals surface area (Å²) in [7, 11) is 1.49. The number of rotatable bonds is 1. The van der Waals surface area contributed by atoms with Crippen LogP contribution in [0.5, 0.6) is 11.5 Å². The van der Waals surface area contributed by atoms with Crippen LogP contribution in [-0.4, -0.2) is 12.2 Å². The van der Waals surface area contributed by atoms with Gasteiger partial charge in [0.2, 0.25) is 0 Å². The summed E-state index contributed by atoms with van der Waals surface area (Å²) in [6, 6.07) is 14.1. The van der Waals surface area contributed by atoms with Crippen molar-refractivity contribution >= 4 is 0 Å². The van der Waals surface area contributed by atoms with E-state index in [1.54, 1.807) is 30.3 Å². The van der Waals surface area contributed by atoms with Crippen molar-refractivity contribution in [2.24, 2.45) is 0 Å². The molecule has 0 spiro atoms. The topological polar surface area (TPSA) is 53.2 Å². The van der Waals surface area contributed by atoms with Crippen LogP contribution in [0, 0.1) is 23.2 Å². The maximum Gasteiger partial charge on any atom is 0.161 e. The number of nitriles is 1. The fourth-order valence-corrected chi connectivity index (χ4v) is 1.57. The quantitative estimate of drug-likeness (QED) is 0.790. The first-order valence-corrected chi connectivity index (χ1v) is 5.62. The number of hydrogen-bond acceptors (Lipinski definition) is 3. The monoisotopic (exact) mass is 249 g/mol. The standard InChI is InChI=1S/C16H11NO2/c1-19-16-10-13(7-8-15(16)18)6-5-12-3-2-4-14(9-12)11-17/h2-4,7-10,18H,1H3. The fraction of sp³-hybridized carbons (Fsp3) is 0.0625. The lowest BCUT2D eigenvalue weighted by Gasteiger charge is -2.02. The molecule has 0 unspecified atom stereocenters. The Labute approximate surface area is 111 Å². The van der Waals surface area contributed by atoms with Crippen LogP contribution in [0.25, 0.3) is 0 Å². The molecule has 0 saturated carbocycles. The number of methoxy groups -OCH3 is 1. The molecule has 2 rings (SSSR count). The summed E-state index contributed by atoms with van der Waals surface area (Å²) >= 11 is 0. The molecule has 3 nitrogen and oxygen atoms in total. The maximum atomic E-state index is 9.48. The molecule has 2 aromatic carbocycles. The number of phenols is 1. The molecule has 0 aliphatic carbocycles. The Hall–Kier alpha value is -2.91. The molecule has 0 radical (unpaired) electrons. The first-order chi connectivity index (χ1) is 9.22. The number of aromatic hydroxyl groups is 1. The van der Waals surface area contributed by atoms with Gasteiger partial charge in [0.1, 0.15) is 0 Å². The van der Waals surface area contributed by atoms with Crippen LogP contribution in [0.3, 0.4) is 0 Å². The number of nitrogens with zero attached hydrogens (tertiary/aromatic N) is 1. The maximum absolute atomic E-state index is 9.48. The van der Waals surface area contributed by atoms with Crippen molar-refractivity contribution in [2.45, 2.75) is 0 Å². The van der Waals surface area contributed by atoms with E-state index in [0.717, 1.165) is 11.1 Å². The van der Waals surface area contributed by atoms with Gasteiger partial charge in [-0.05, 0) is 36.4 Å². The highest BCUT2D eigenvalue weighted by Gasteiger charge is 2.00. The minimum Gasteiger partial charge on any atom is -0.504 e. The van der Waals surface area contributed by atoms with Gasteiger partial charge in [-0.25, -0.2) is 0 Å².